The lowest BCUT2D eigenvalue weighted by atomic mass is 10.0. The molecule has 1 fully saturated rings. The van der Waals surface area contributed by atoms with Crippen LogP contribution in [-0.4, -0.2) is 50.3 Å². The van der Waals surface area contributed by atoms with Gasteiger partial charge in [-0.2, -0.15) is 0 Å². The maximum absolute atomic E-state index is 5.49. The van der Waals surface area contributed by atoms with Gasteiger partial charge in [-0.3, -0.25) is 4.90 Å². The number of hydrogen-bond donors (Lipinski definition) is 1. The van der Waals surface area contributed by atoms with E-state index < -0.39 is 0 Å². The van der Waals surface area contributed by atoms with Crippen molar-refractivity contribution in [2.75, 3.05) is 39.4 Å². The maximum atomic E-state index is 5.49. The molecule has 0 amide bonds. The number of ether oxygens (including phenoxy) is 1. The van der Waals surface area contributed by atoms with E-state index in [1.54, 1.807) is 0 Å². The fraction of sp³-hybridized carbons (Fsp3) is 1.00. The Morgan fingerprint density at radius 1 is 1.25 bits per heavy atom. The van der Waals surface area contributed by atoms with Gasteiger partial charge in [-0.25, -0.2) is 0 Å². The Balaban J connectivity index is 2.33. The minimum absolute atomic E-state index is 0.623. The van der Waals surface area contributed by atoms with Crippen LogP contribution in [-0.2, 0) is 4.74 Å². The van der Waals surface area contributed by atoms with Gasteiger partial charge in [0.15, 0.2) is 0 Å². The van der Waals surface area contributed by atoms with Gasteiger partial charge in [0.05, 0.1) is 6.61 Å². The second-order valence-electron chi connectivity index (χ2n) is 5.07. The van der Waals surface area contributed by atoms with Crippen LogP contribution in [0.15, 0.2) is 0 Å². The Morgan fingerprint density at radius 2 is 2.06 bits per heavy atom. The molecule has 1 saturated heterocycles. The van der Waals surface area contributed by atoms with E-state index in [4.69, 9.17) is 4.74 Å². The lowest BCUT2D eigenvalue weighted by molar-refractivity contribution is 0.137. The smallest absolute Gasteiger partial charge is 0.0593 e. The zero-order chi connectivity index (χ0) is 11.8. The number of hydrogen-bond acceptors (Lipinski definition) is 3. The summed E-state index contributed by atoms with van der Waals surface area (Å²) in [7, 11) is 0. The first-order valence-electron chi connectivity index (χ1n) is 6.77. The molecule has 0 aromatic rings. The topological polar surface area (TPSA) is 24.5 Å². The highest BCUT2D eigenvalue weighted by Gasteiger charge is 2.17. The Kier molecular flexibility index (Phi) is 7.01. The first-order chi connectivity index (χ1) is 7.74. The second-order valence-corrected chi connectivity index (χ2v) is 5.07. The summed E-state index contributed by atoms with van der Waals surface area (Å²) in [6.45, 7) is 13.3. The van der Waals surface area contributed by atoms with Gasteiger partial charge in [-0.05, 0) is 25.3 Å². The first-order valence-corrected chi connectivity index (χ1v) is 6.77. The third kappa shape index (κ3) is 5.28. The Morgan fingerprint density at radius 3 is 2.75 bits per heavy atom. The van der Waals surface area contributed by atoms with Crippen LogP contribution in [0.2, 0.25) is 0 Å². The number of nitrogens with one attached hydrogen (secondary N) is 1. The molecule has 3 nitrogen and oxygen atoms in total. The highest BCUT2D eigenvalue weighted by molar-refractivity contribution is 4.76. The summed E-state index contributed by atoms with van der Waals surface area (Å²) >= 11 is 0. The average Bonchev–Trinajstić information content (AvgIpc) is 2.52. The zero-order valence-electron chi connectivity index (χ0n) is 11.2. The van der Waals surface area contributed by atoms with Gasteiger partial charge in [0.2, 0.25) is 0 Å². The molecule has 0 aromatic heterocycles. The van der Waals surface area contributed by atoms with Gasteiger partial charge < -0.3 is 10.1 Å². The third-order valence-electron chi connectivity index (χ3n) is 3.23. The van der Waals surface area contributed by atoms with Crippen molar-refractivity contribution in [2.24, 2.45) is 5.92 Å². The van der Waals surface area contributed by atoms with E-state index in [2.05, 4.69) is 31.0 Å². The molecule has 0 bridgehead atoms. The molecule has 96 valence electrons. The molecule has 0 spiro atoms. The molecule has 1 unspecified atom stereocenters. The fourth-order valence-electron chi connectivity index (χ4n) is 2.10. The van der Waals surface area contributed by atoms with Crippen LogP contribution >= 0.6 is 0 Å². The minimum atomic E-state index is 0.623. The second kappa shape index (κ2) is 8.04. The maximum Gasteiger partial charge on any atom is 0.0593 e. The largest absolute Gasteiger partial charge is 0.380 e. The van der Waals surface area contributed by atoms with Crippen LogP contribution in [0, 0.1) is 5.92 Å². The Bertz CT molecular complexity index is 165. The molecule has 1 rings (SSSR count). The van der Waals surface area contributed by atoms with Crippen LogP contribution in [0.3, 0.4) is 0 Å². The zero-order valence-corrected chi connectivity index (χ0v) is 11.2. The van der Waals surface area contributed by atoms with Crippen LogP contribution < -0.4 is 5.32 Å². The number of rotatable bonds is 6. The predicted octanol–water partition coefficient (Wildman–Crippen LogP) is 1.73. The summed E-state index contributed by atoms with van der Waals surface area (Å²) in [5, 5.41) is 3.65. The molecular formula is C13H28N2O. The van der Waals surface area contributed by atoms with Gasteiger partial charge in [0.25, 0.3) is 0 Å². The van der Waals surface area contributed by atoms with Crippen LogP contribution in [0.4, 0.5) is 0 Å². The summed E-state index contributed by atoms with van der Waals surface area (Å²) in [6, 6.07) is 0.623. The summed E-state index contributed by atoms with van der Waals surface area (Å²) < 4.78 is 5.49. The highest BCUT2D eigenvalue weighted by Crippen LogP contribution is 2.07. The van der Waals surface area contributed by atoms with E-state index in [0.29, 0.717) is 12.0 Å². The average molecular weight is 228 g/mol. The minimum Gasteiger partial charge on any atom is -0.380 e. The predicted molar refractivity (Wildman–Crippen MR) is 68.8 cm³/mol. The van der Waals surface area contributed by atoms with Gasteiger partial charge >= 0.3 is 0 Å². The first kappa shape index (κ1) is 13.9. The number of nitrogens with zero attached hydrogens (tertiary/aromatic N) is 1. The molecule has 3 heteroatoms. The molecule has 0 aromatic carbocycles. The molecule has 16 heavy (non-hydrogen) atoms. The van der Waals surface area contributed by atoms with Crippen molar-refractivity contribution in [1.82, 2.24) is 10.2 Å². The highest BCUT2D eigenvalue weighted by atomic mass is 16.5. The molecule has 0 radical (unpaired) electrons. The van der Waals surface area contributed by atoms with Crippen molar-refractivity contribution in [3.63, 3.8) is 0 Å². The Labute approximate surface area is 101 Å². The molecule has 1 aliphatic rings. The van der Waals surface area contributed by atoms with Crippen molar-refractivity contribution in [3.05, 3.63) is 0 Å². The SMILES string of the molecule is CCCNC(CN1CCCOCC1)C(C)C. The van der Waals surface area contributed by atoms with Crippen molar-refractivity contribution in [2.45, 2.75) is 39.7 Å². The van der Waals surface area contributed by atoms with E-state index >= 15 is 0 Å². The molecule has 1 atom stereocenters. The lowest BCUT2D eigenvalue weighted by Crippen LogP contribution is -2.45. The van der Waals surface area contributed by atoms with Crippen molar-refractivity contribution >= 4 is 0 Å². The van der Waals surface area contributed by atoms with Crippen LogP contribution in [0.1, 0.15) is 33.6 Å². The lowest BCUT2D eigenvalue weighted by Gasteiger charge is -2.29. The van der Waals surface area contributed by atoms with Crippen molar-refractivity contribution < 1.29 is 4.74 Å². The summed E-state index contributed by atoms with van der Waals surface area (Å²) in [4.78, 5) is 2.54. The van der Waals surface area contributed by atoms with Gasteiger partial charge in [-0.1, -0.05) is 20.8 Å². The molecular weight excluding hydrogens is 200 g/mol. The van der Waals surface area contributed by atoms with Gasteiger partial charge in [0.1, 0.15) is 0 Å². The molecule has 1 aliphatic heterocycles. The van der Waals surface area contributed by atoms with Gasteiger partial charge in [-0.15, -0.1) is 0 Å². The van der Waals surface area contributed by atoms with E-state index in [-0.39, 0.29) is 0 Å². The van der Waals surface area contributed by atoms with E-state index in [1.165, 1.54) is 25.9 Å². The van der Waals surface area contributed by atoms with E-state index in [9.17, 15) is 0 Å². The molecule has 1 N–H and O–H groups in total. The van der Waals surface area contributed by atoms with E-state index in [0.717, 1.165) is 26.3 Å². The summed E-state index contributed by atoms with van der Waals surface area (Å²) in [5.74, 6) is 0.704. The van der Waals surface area contributed by atoms with Crippen LogP contribution in [0.25, 0.3) is 0 Å². The molecule has 1 heterocycles. The fourth-order valence-corrected chi connectivity index (χ4v) is 2.10. The third-order valence-corrected chi connectivity index (χ3v) is 3.23. The van der Waals surface area contributed by atoms with Crippen molar-refractivity contribution in [1.29, 1.82) is 0 Å². The standard InChI is InChI=1S/C13H28N2O/c1-4-6-14-13(12(2)3)11-15-7-5-9-16-10-8-15/h12-14H,4-11H2,1-3H3. The molecule has 0 aliphatic carbocycles. The Hall–Kier alpha value is -0.120. The molecule has 0 saturated carbocycles. The normalized spacial score (nSPS) is 21.0. The summed E-state index contributed by atoms with van der Waals surface area (Å²) in [6.07, 6.45) is 2.39. The monoisotopic (exact) mass is 228 g/mol. The summed E-state index contributed by atoms with van der Waals surface area (Å²) in [5.41, 5.74) is 0. The van der Waals surface area contributed by atoms with Gasteiger partial charge in [0, 0.05) is 32.3 Å². The van der Waals surface area contributed by atoms with E-state index in [1.807, 2.05) is 0 Å². The quantitative estimate of drug-likeness (QED) is 0.749. The van der Waals surface area contributed by atoms with Crippen LogP contribution in [0.5, 0.6) is 0 Å². The van der Waals surface area contributed by atoms with Crippen molar-refractivity contribution in [3.8, 4) is 0 Å².